The highest BCUT2D eigenvalue weighted by molar-refractivity contribution is 6.05. The summed E-state index contributed by atoms with van der Waals surface area (Å²) in [5, 5.41) is 0.749. The first-order chi connectivity index (χ1) is 13.1. The van der Waals surface area contributed by atoms with E-state index in [-0.39, 0.29) is 0 Å². The molecular formula is C22H20N2O3. The minimum absolute atomic E-state index is 0.323. The number of fused-ring (bicyclic) bond motifs is 2. The van der Waals surface area contributed by atoms with Gasteiger partial charge in [0.1, 0.15) is 0 Å². The molecule has 27 heavy (non-hydrogen) atoms. The van der Waals surface area contributed by atoms with Gasteiger partial charge in [-0.15, -0.1) is 0 Å². The van der Waals surface area contributed by atoms with Crippen molar-refractivity contribution in [2.75, 3.05) is 6.61 Å². The molecule has 0 bridgehead atoms. The highest BCUT2D eigenvalue weighted by Gasteiger charge is 2.28. The number of carbonyl (C=O) groups excluding carboxylic acids is 2. The molecule has 2 aromatic carbocycles. The molecule has 0 saturated carbocycles. The normalized spacial score (nSPS) is 15.9. The third-order valence-corrected chi connectivity index (χ3v) is 5.08. The fourth-order valence-corrected chi connectivity index (χ4v) is 3.84. The maximum Gasteiger partial charge on any atom is 0.339 e. The quantitative estimate of drug-likeness (QED) is 0.725. The van der Waals surface area contributed by atoms with E-state index in [1.165, 1.54) is 5.56 Å². The Morgan fingerprint density at radius 3 is 2.59 bits per heavy atom. The fraction of sp³-hybridized carbons (Fsp3) is 0.227. The summed E-state index contributed by atoms with van der Waals surface area (Å²) in [6, 6.07) is 17.8. The lowest BCUT2D eigenvalue weighted by atomic mass is 9.80. The SMILES string of the molecule is NC(=O)COC(=O)c1c2c(nc3ccccc13)CCC(c1ccccc1)C2. The number of rotatable bonds is 4. The van der Waals surface area contributed by atoms with Crippen LogP contribution in [0.3, 0.4) is 0 Å². The smallest absolute Gasteiger partial charge is 0.339 e. The molecule has 4 rings (SSSR count). The zero-order valence-electron chi connectivity index (χ0n) is 14.9. The van der Waals surface area contributed by atoms with Crippen molar-refractivity contribution in [3.05, 3.63) is 77.0 Å². The molecule has 0 fully saturated rings. The molecule has 0 saturated heterocycles. The number of esters is 1. The Morgan fingerprint density at radius 2 is 1.81 bits per heavy atom. The molecule has 1 aromatic heterocycles. The van der Waals surface area contributed by atoms with Crippen LogP contribution < -0.4 is 5.73 Å². The van der Waals surface area contributed by atoms with E-state index in [1.54, 1.807) is 0 Å². The van der Waals surface area contributed by atoms with E-state index in [1.807, 2.05) is 42.5 Å². The molecule has 1 unspecified atom stereocenters. The molecule has 0 radical (unpaired) electrons. The Hall–Kier alpha value is -3.21. The number of pyridine rings is 1. The number of carbonyl (C=O) groups is 2. The van der Waals surface area contributed by atoms with Crippen LogP contribution in [-0.2, 0) is 22.4 Å². The van der Waals surface area contributed by atoms with E-state index >= 15 is 0 Å². The van der Waals surface area contributed by atoms with Gasteiger partial charge in [-0.1, -0.05) is 48.5 Å². The molecule has 1 atom stereocenters. The second-order valence-electron chi connectivity index (χ2n) is 6.82. The summed E-state index contributed by atoms with van der Waals surface area (Å²) in [4.78, 5) is 28.7. The predicted molar refractivity (Wildman–Crippen MR) is 102 cm³/mol. The summed E-state index contributed by atoms with van der Waals surface area (Å²) >= 11 is 0. The molecule has 1 aliphatic carbocycles. The molecule has 1 amide bonds. The Kier molecular flexibility index (Phi) is 4.59. The number of aryl methyl sites for hydroxylation is 1. The molecular weight excluding hydrogens is 340 g/mol. The van der Waals surface area contributed by atoms with Crippen LogP contribution in [0.25, 0.3) is 10.9 Å². The number of nitrogens with two attached hydrogens (primary N) is 1. The van der Waals surface area contributed by atoms with Crippen LogP contribution in [0.4, 0.5) is 0 Å². The van der Waals surface area contributed by atoms with Gasteiger partial charge in [-0.25, -0.2) is 4.79 Å². The van der Waals surface area contributed by atoms with Gasteiger partial charge in [-0.05, 0) is 42.4 Å². The Bertz CT molecular complexity index is 1010. The van der Waals surface area contributed by atoms with Crippen molar-refractivity contribution in [2.45, 2.75) is 25.2 Å². The van der Waals surface area contributed by atoms with Gasteiger partial charge in [-0.2, -0.15) is 0 Å². The predicted octanol–water partition coefficient (Wildman–Crippen LogP) is 3.15. The standard InChI is InChI=1S/C22H20N2O3/c23-20(25)13-27-22(26)21-16-8-4-5-9-18(16)24-19-11-10-15(12-17(19)21)14-6-2-1-3-7-14/h1-9,15H,10-13H2,(H2,23,25). The maximum atomic E-state index is 12.8. The molecule has 0 spiro atoms. The van der Waals surface area contributed by atoms with Crippen molar-refractivity contribution < 1.29 is 14.3 Å². The van der Waals surface area contributed by atoms with E-state index in [4.69, 9.17) is 15.5 Å². The zero-order chi connectivity index (χ0) is 18.8. The van der Waals surface area contributed by atoms with Crippen molar-refractivity contribution in [1.29, 1.82) is 0 Å². The number of ether oxygens (including phenoxy) is 1. The van der Waals surface area contributed by atoms with Crippen LogP contribution in [0.1, 0.15) is 39.5 Å². The molecule has 1 heterocycles. The van der Waals surface area contributed by atoms with Crippen LogP contribution in [0.5, 0.6) is 0 Å². The van der Waals surface area contributed by atoms with Gasteiger partial charge in [0.05, 0.1) is 11.1 Å². The molecule has 5 nitrogen and oxygen atoms in total. The van der Waals surface area contributed by atoms with Gasteiger partial charge in [-0.3, -0.25) is 9.78 Å². The average molecular weight is 360 g/mol. The van der Waals surface area contributed by atoms with Crippen LogP contribution in [-0.4, -0.2) is 23.5 Å². The van der Waals surface area contributed by atoms with Gasteiger partial charge in [0.25, 0.3) is 5.91 Å². The monoisotopic (exact) mass is 360 g/mol. The fourth-order valence-electron chi connectivity index (χ4n) is 3.84. The third kappa shape index (κ3) is 3.40. The summed E-state index contributed by atoms with van der Waals surface area (Å²) in [6.07, 6.45) is 2.51. The first kappa shape index (κ1) is 17.2. The zero-order valence-corrected chi connectivity index (χ0v) is 14.9. The highest BCUT2D eigenvalue weighted by Crippen LogP contribution is 2.36. The summed E-state index contributed by atoms with van der Waals surface area (Å²) in [5.74, 6) is -0.862. The molecule has 1 aliphatic rings. The van der Waals surface area contributed by atoms with Crippen LogP contribution in [0, 0.1) is 0 Å². The summed E-state index contributed by atoms with van der Waals surface area (Å²) in [7, 11) is 0. The van der Waals surface area contributed by atoms with Crippen molar-refractivity contribution >= 4 is 22.8 Å². The third-order valence-electron chi connectivity index (χ3n) is 5.08. The van der Waals surface area contributed by atoms with E-state index in [9.17, 15) is 9.59 Å². The Morgan fingerprint density at radius 1 is 1.07 bits per heavy atom. The van der Waals surface area contributed by atoms with E-state index in [2.05, 4.69) is 12.1 Å². The lowest BCUT2D eigenvalue weighted by Crippen LogP contribution is -2.24. The average Bonchev–Trinajstić information content (AvgIpc) is 2.70. The van der Waals surface area contributed by atoms with Crippen molar-refractivity contribution in [2.24, 2.45) is 5.73 Å². The molecule has 5 heteroatoms. The van der Waals surface area contributed by atoms with Crippen molar-refractivity contribution in [3.8, 4) is 0 Å². The number of amides is 1. The van der Waals surface area contributed by atoms with Gasteiger partial charge < -0.3 is 10.5 Å². The number of aromatic nitrogens is 1. The van der Waals surface area contributed by atoms with E-state index in [0.29, 0.717) is 11.5 Å². The lowest BCUT2D eigenvalue weighted by Gasteiger charge is -2.26. The van der Waals surface area contributed by atoms with Crippen molar-refractivity contribution in [1.82, 2.24) is 4.98 Å². The van der Waals surface area contributed by atoms with E-state index in [0.717, 1.165) is 41.4 Å². The second kappa shape index (κ2) is 7.19. The highest BCUT2D eigenvalue weighted by atomic mass is 16.5. The van der Waals surface area contributed by atoms with Crippen LogP contribution in [0.2, 0.25) is 0 Å². The number of benzene rings is 2. The van der Waals surface area contributed by atoms with Gasteiger partial charge in [0.15, 0.2) is 6.61 Å². The van der Waals surface area contributed by atoms with Gasteiger partial charge >= 0.3 is 5.97 Å². The van der Waals surface area contributed by atoms with Crippen LogP contribution >= 0.6 is 0 Å². The van der Waals surface area contributed by atoms with Gasteiger partial charge in [0.2, 0.25) is 0 Å². The minimum atomic E-state index is -0.669. The summed E-state index contributed by atoms with van der Waals surface area (Å²) < 4.78 is 5.16. The largest absolute Gasteiger partial charge is 0.452 e. The summed E-state index contributed by atoms with van der Waals surface area (Å²) in [6.45, 7) is -0.424. The topological polar surface area (TPSA) is 82.3 Å². The number of primary amides is 1. The Labute approximate surface area is 157 Å². The number of nitrogens with zero attached hydrogens (tertiary/aromatic N) is 1. The number of para-hydroxylation sites is 1. The number of hydrogen-bond donors (Lipinski definition) is 1. The molecule has 0 aliphatic heterocycles. The van der Waals surface area contributed by atoms with Crippen molar-refractivity contribution in [3.63, 3.8) is 0 Å². The minimum Gasteiger partial charge on any atom is -0.452 e. The Balaban J connectivity index is 1.80. The molecule has 2 N–H and O–H groups in total. The van der Waals surface area contributed by atoms with Gasteiger partial charge in [0, 0.05) is 11.1 Å². The maximum absolute atomic E-state index is 12.8. The second-order valence-corrected chi connectivity index (χ2v) is 6.82. The first-order valence-corrected chi connectivity index (χ1v) is 9.04. The summed E-state index contributed by atoms with van der Waals surface area (Å²) in [5.41, 5.74) is 9.53. The van der Waals surface area contributed by atoms with E-state index < -0.39 is 18.5 Å². The molecule has 3 aromatic rings. The lowest BCUT2D eigenvalue weighted by molar-refractivity contribution is -0.121. The first-order valence-electron chi connectivity index (χ1n) is 9.04. The number of hydrogen-bond acceptors (Lipinski definition) is 4. The molecule has 136 valence electrons. The van der Waals surface area contributed by atoms with Crippen LogP contribution in [0.15, 0.2) is 54.6 Å².